The van der Waals surface area contributed by atoms with E-state index in [-0.39, 0.29) is 0 Å². The fraction of sp³-hybridized carbons (Fsp3) is 0.0638. The summed E-state index contributed by atoms with van der Waals surface area (Å²) in [6, 6.07) is 63.4. The molecule has 0 N–H and O–H groups in total. The molecule has 1 heteroatoms. The van der Waals surface area contributed by atoms with Gasteiger partial charge >= 0.3 is 0 Å². The van der Waals surface area contributed by atoms with E-state index in [1.54, 1.807) is 0 Å². The maximum Gasteiger partial charge on any atom is 0.0732 e. The van der Waals surface area contributed by atoms with Gasteiger partial charge in [0.05, 0.1) is 11.1 Å². The number of para-hydroxylation sites is 1. The van der Waals surface area contributed by atoms with Gasteiger partial charge in [-0.3, -0.25) is 0 Å². The van der Waals surface area contributed by atoms with Crippen molar-refractivity contribution in [2.24, 2.45) is 0 Å². The van der Waals surface area contributed by atoms with E-state index in [0.29, 0.717) is 0 Å². The van der Waals surface area contributed by atoms with Crippen LogP contribution < -0.4 is 4.90 Å². The van der Waals surface area contributed by atoms with Crippen LogP contribution in [0, 0.1) is 0 Å². The molecule has 0 aromatic heterocycles. The summed E-state index contributed by atoms with van der Waals surface area (Å²) in [7, 11) is 0. The Bertz CT molecular complexity index is 2500. The fourth-order valence-corrected chi connectivity index (χ4v) is 8.83. The molecule has 1 nitrogen and oxygen atoms in total. The van der Waals surface area contributed by atoms with Gasteiger partial charge in [0.25, 0.3) is 0 Å². The van der Waals surface area contributed by atoms with Crippen LogP contribution in [0.5, 0.6) is 0 Å². The lowest BCUT2D eigenvalue weighted by molar-refractivity contribution is 0.802. The van der Waals surface area contributed by atoms with Gasteiger partial charge < -0.3 is 4.90 Å². The molecule has 226 valence electrons. The van der Waals surface area contributed by atoms with Crippen molar-refractivity contribution in [1.29, 1.82) is 0 Å². The number of benzene rings is 8. The number of hydrogen-bond acceptors (Lipinski definition) is 1. The van der Waals surface area contributed by atoms with E-state index >= 15 is 0 Å². The Balaban J connectivity index is 1.40. The van der Waals surface area contributed by atoms with Gasteiger partial charge in [0.2, 0.25) is 0 Å². The predicted octanol–water partition coefficient (Wildman–Crippen LogP) is 12.4. The van der Waals surface area contributed by atoms with Crippen LogP contribution in [0.4, 0.5) is 17.1 Å². The summed E-state index contributed by atoms with van der Waals surface area (Å²) < 4.78 is 0. The molecule has 0 heterocycles. The number of fused-ring (bicyclic) bond motifs is 14. The molecule has 0 amide bonds. The lowest BCUT2D eigenvalue weighted by Gasteiger charge is -2.33. The van der Waals surface area contributed by atoms with E-state index in [0.717, 1.165) is 17.8 Å². The minimum atomic E-state index is -0.466. The van der Waals surface area contributed by atoms with Gasteiger partial charge in [-0.1, -0.05) is 146 Å². The van der Waals surface area contributed by atoms with Crippen LogP contribution in [0.15, 0.2) is 170 Å². The third-order valence-corrected chi connectivity index (χ3v) is 10.8. The minimum Gasteiger partial charge on any atom is -0.310 e. The molecule has 2 aliphatic rings. The van der Waals surface area contributed by atoms with E-state index in [1.165, 1.54) is 77.3 Å². The Hall–Kier alpha value is -5.92. The molecule has 0 aliphatic heterocycles. The molecule has 48 heavy (non-hydrogen) atoms. The lowest BCUT2D eigenvalue weighted by atomic mass is 9.69. The van der Waals surface area contributed by atoms with Gasteiger partial charge in [0.15, 0.2) is 0 Å². The fourth-order valence-electron chi connectivity index (χ4n) is 8.83. The van der Waals surface area contributed by atoms with E-state index in [2.05, 4.69) is 182 Å². The van der Waals surface area contributed by atoms with Crippen molar-refractivity contribution >= 4 is 38.6 Å². The van der Waals surface area contributed by atoms with Crippen LogP contribution in [0.1, 0.15) is 34.7 Å². The van der Waals surface area contributed by atoms with Gasteiger partial charge in [0, 0.05) is 16.8 Å². The zero-order valence-corrected chi connectivity index (χ0v) is 26.8. The SMILES string of the molecule is CCc1ccc(N(c2ccccc2)c2cc3c(c4ccccc24)-c2ccc4ccccc4c2C32c3ccccc3-c3ccccc32)cc1. The zero-order chi connectivity index (χ0) is 31.8. The Kier molecular flexibility index (Phi) is 5.83. The van der Waals surface area contributed by atoms with E-state index in [9.17, 15) is 0 Å². The molecule has 10 rings (SSSR count). The molecule has 0 bridgehead atoms. The molecule has 0 radical (unpaired) electrons. The van der Waals surface area contributed by atoms with Crippen molar-refractivity contribution in [3.8, 4) is 22.3 Å². The van der Waals surface area contributed by atoms with Gasteiger partial charge in [-0.2, -0.15) is 0 Å². The molecule has 0 unspecified atom stereocenters. The first-order valence-electron chi connectivity index (χ1n) is 17.0. The maximum absolute atomic E-state index is 2.53. The smallest absolute Gasteiger partial charge is 0.0732 e. The van der Waals surface area contributed by atoms with Gasteiger partial charge in [-0.15, -0.1) is 0 Å². The summed E-state index contributed by atoms with van der Waals surface area (Å²) in [4.78, 5) is 2.46. The standard InChI is InChI=1S/C47H33N/c1-2-31-24-27-34(28-25-31)48(33-15-4-3-5-16-33)44-30-43-45(39-21-9-8-20-38(39)44)40-29-26-32-14-6-7-17-35(32)46(40)47(43)41-22-12-10-18-36(41)37-19-11-13-23-42(37)47/h3-30H,2H2,1H3. The number of nitrogens with zero attached hydrogens (tertiary/aromatic N) is 1. The molecule has 1 spiro atoms. The van der Waals surface area contributed by atoms with E-state index < -0.39 is 5.41 Å². The molecule has 0 fully saturated rings. The molecule has 8 aromatic rings. The highest BCUT2D eigenvalue weighted by molar-refractivity contribution is 6.14. The molecule has 8 aromatic carbocycles. The summed E-state index contributed by atoms with van der Waals surface area (Å²) >= 11 is 0. The molecule has 0 saturated heterocycles. The van der Waals surface area contributed by atoms with Crippen molar-refractivity contribution in [2.75, 3.05) is 4.90 Å². The Morgan fingerprint density at radius 2 is 1.04 bits per heavy atom. The van der Waals surface area contributed by atoms with Crippen LogP contribution in [0.3, 0.4) is 0 Å². The van der Waals surface area contributed by atoms with Crippen LogP contribution in [0.2, 0.25) is 0 Å². The van der Waals surface area contributed by atoms with Crippen LogP contribution in [-0.4, -0.2) is 0 Å². The Morgan fingerprint density at radius 1 is 0.458 bits per heavy atom. The van der Waals surface area contributed by atoms with E-state index in [4.69, 9.17) is 0 Å². The molecular weight excluding hydrogens is 579 g/mol. The minimum absolute atomic E-state index is 0.466. The molecule has 0 saturated carbocycles. The predicted molar refractivity (Wildman–Crippen MR) is 202 cm³/mol. The third kappa shape index (κ3) is 3.56. The van der Waals surface area contributed by atoms with Gasteiger partial charge in [-0.25, -0.2) is 0 Å². The number of rotatable bonds is 4. The van der Waals surface area contributed by atoms with Gasteiger partial charge in [-0.05, 0) is 103 Å². The van der Waals surface area contributed by atoms with Crippen LogP contribution >= 0.6 is 0 Å². The Labute approximate surface area is 281 Å². The zero-order valence-electron chi connectivity index (χ0n) is 26.8. The van der Waals surface area contributed by atoms with Gasteiger partial charge in [0.1, 0.15) is 0 Å². The first-order valence-corrected chi connectivity index (χ1v) is 17.0. The molecular formula is C47H33N. The monoisotopic (exact) mass is 611 g/mol. The van der Waals surface area contributed by atoms with E-state index in [1.807, 2.05) is 0 Å². The molecule has 0 atom stereocenters. The van der Waals surface area contributed by atoms with Crippen molar-refractivity contribution in [3.63, 3.8) is 0 Å². The topological polar surface area (TPSA) is 3.24 Å². The number of hydrogen-bond donors (Lipinski definition) is 0. The highest BCUT2D eigenvalue weighted by atomic mass is 15.1. The first kappa shape index (κ1) is 27.2. The second-order valence-corrected chi connectivity index (χ2v) is 13.1. The second kappa shape index (κ2) is 10.3. The number of anilines is 3. The highest BCUT2D eigenvalue weighted by Crippen LogP contribution is 2.66. The van der Waals surface area contributed by atoms with Crippen LogP contribution in [0.25, 0.3) is 43.8 Å². The second-order valence-electron chi connectivity index (χ2n) is 13.1. The molecule has 2 aliphatic carbocycles. The summed E-state index contributed by atoms with van der Waals surface area (Å²) in [6.07, 6.45) is 1.01. The van der Waals surface area contributed by atoms with Crippen molar-refractivity contribution in [2.45, 2.75) is 18.8 Å². The summed E-state index contributed by atoms with van der Waals surface area (Å²) in [5.74, 6) is 0. The number of aryl methyl sites for hydroxylation is 1. The largest absolute Gasteiger partial charge is 0.310 e. The lowest BCUT2D eigenvalue weighted by Crippen LogP contribution is -2.26. The van der Waals surface area contributed by atoms with Crippen LogP contribution in [-0.2, 0) is 11.8 Å². The summed E-state index contributed by atoms with van der Waals surface area (Å²) in [5, 5.41) is 5.12. The van der Waals surface area contributed by atoms with Crippen molar-refractivity contribution in [1.82, 2.24) is 0 Å². The Morgan fingerprint density at radius 3 is 1.75 bits per heavy atom. The average Bonchev–Trinajstić information content (AvgIpc) is 3.63. The van der Waals surface area contributed by atoms with Crippen molar-refractivity contribution in [3.05, 3.63) is 198 Å². The van der Waals surface area contributed by atoms with Crippen molar-refractivity contribution < 1.29 is 0 Å². The normalized spacial score (nSPS) is 13.4. The highest BCUT2D eigenvalue weighted by Gasteiger charge is 2.53. The maximum atomic E-state index is 2.53. The average molecular weight is 612 g/mol. The quantitative estimate of drug-likeness (QED) is 0.191. The first-order chi connectivity index (χ1) is 23.8. The summed E-state index contributed by atoms with van der Waals surface area (Å²) in [6.45, 7) is 2.22. The summed E-state index contributed by atoms with van der Waals surface area (Å²) in [5.41, 5.74) is 15.2. The third-order valence-electron chi connectivity index (χ3n) is 10.8.